The van der Waals surface area contributed by atoms with Gasteiger partial charge in [-0.2, -0.15) is 0 Å². The highest BCUT2D eigenvalue weighted by atomic mass is 16.1. The Kier molecular flexibility index (Phi) is 2.42. The van der Waals surface area contributed by atoms with Crippen LogP contribution in [0.2, 0.25) is 0 Å². The highest BCUT2D eigenvalue weighted by Crippen LogP contribution is 2.28. The Hall–Kier alpha value is -2.89. The van der Waals surface area contributed by atoms with Gasteiger partial charge in [-0.1, -0.05) is 0 Å². The van der Waals surface area contributed by atoms with Crippen LogP contribution < -0.4 is 11.5 Å². The SMILES string of the molecule is NC(=O)c1cncc(-c2cc(N)nc3[nH]ccc23)c1. The lowest BCUT2D eigenvalue weighted by Gasteiger charge is -2.05. The summed E-state index contributed by atoms with van der Waals surface area (Å²) >= 11 is 0. The van der Waals surface area contributed by atoms with Crippen LogP contribution in [0.15, 0.2) is 36.8 Å². The van der Waals surface area contributed by atoms with Gasteiger partial charge in [-0.05, 0) is 23.8 Å². The Labute approximate surface area is 108 Å². The smallest absolute Gasteiger partial charge is 0.250 e. The van der Waals surface area contributed by atoms with E-state index in [0.717, 1.165) is 16.5 Å². The molecule has 0 aromatic carbocycles. The molecule has 6 nitrogen and oxygen atoms in total. The summed E-state index contributed by atoms with van der Waals surface area (Å²) in [4.78, 5) is 22.4. The summed E-state index contributed by atoms with van der Waals surface area (Å²) < 4.78 is 0. The van der Waals surface area contributed by atoms with Crippen LogP contribution in [-0.2, 0) is 0 Å². The first-order valence-corrected chi connectivity index (χ1v) is 5.64. The lowest BCUT2D eigenvalue weighted by atomic mass is 10.0. The number of anilines is 1. The molecule has 1 amide bonds. The number of pyridine rings is 2. The van der Waals surface area contributed by atoms with Crippen LogP contribution in [0.25, 0.3) is 22.2 Å². The van der Waals surface area contributed by atoms with Crippen molar-refractivity contribution in [1.29, 1.82) is 0 Å². The van der Waals surface area contributed by atoms with Crippen molar-refractivity contribution in [3.8, 4) is 11.1 Å². The molecule has 0 bridgehead atoms. The number of amides is 1. The number of hydrogen-bond donors (Lipinski definition) is 3. The van der Waals surface area contributed by atoms with E-state index in [-0.39, 0.29) is 0 Å². The number of primary amides is 1. The third-order valence-electron chi connectivity index (χ3n) is 2.88. The number of rotatable bonds is 2. The fourth-order valence-corrected chi connectivity index (χ4v) is 2.02. The molecule has 0 saturated heterocycles. The van der Waals surface area contributed by atoms with E-state index >= 15 is 0 Å². The second kappa shape index (κ2) is 4.09. The van der Waals surface area contributed by atoms with E-state index in [1.165, 1.54) is 6.20 Å². The fraction of sp³-hybridized carbons (Fsp3) is 0. The maximum atomic E-state index is 11.2. The quantitative estimate of drug-likeness (QED) is 0.639. The molecule has 3 rings (SSSR count). The molecule has 0 aliphatic carbocycles. The van der Waals surface area contributed by atoms with Gasteiger partial charge in [0.1, 0.15) is 11.5 Å². The molecule has 0 saturated carbocycles. The van der Waals surface area contributed by atoms with E-state index in [4.69, 9.17) is 11.5 Å². The summed E-state index contributed by atoms with van der Waals surface area (Å²) in [5.41, 5.74) is 13.7. The molecule has 0 radical (unpaired) electrons. The molecule has 3 aromatic rings. The van der Waals surface area contributed by atoms with Crippen LogP contribution in [0.4, 0.5) is 5.82 Å². The van der Waals surface area contributed by atoms with Crippen molar-refractivity contribution in [3.05, 3.63) is 42.4 Å². The minimum atomic E-state index is -0.512. The number of nitrogens with two attached hydrogens (primary N) is 2. The monoisotopic (exact) mass is 253 g/mol. The normalized spacial score (nSPS) is 10.7. The molecular weight excluding hydrogens is 242 g/mol. The highest BCUT2D eigenvalue weighted by molar-refractivity contribution is 5.97. The van der Waals surface area contributed by atoms with E-state index in [9.17, 15) is 4.79 Å². The van der Waals surface area contributed by atoms with E-state index in [1.807, 2.05) is 6.07 Å². The Bertz CT molecular complexity index is 778. The average Bonchev–Trinajstić information content (AvgIpc) is 2.85. The Morgan fingerprint density at radius 2 is 2.11 bits per heavy atom. The molecule has 3 heterocycles. The van der Waals surface area contributed by atoms with Crippen LogP contribution in [0.3, 0.4) is 0 Å². The van der Waals surface area contributed by atoms with E-state index in [0.29, 0.717) is 17.0 Å². The van der Waals surface area contributed by atoms with Crippen LogP contribution in [0.5, 0.6) is 0 Å². The number of aromatic nitrogens is 3. The average molecular weight is 253 g/mol. The van der Waals surface area contributed by atoms with Gasteiger partial charge in [-0.15, -0.1) is 0 Å². The maximum absolute atomic E-state index is 11.2. The molecule has 19 heavy (non-hydrogen) atoms. The molecule has 0 spiro atoms. The zero-order valence-electron chi connectivity index (χ0n) is 9.92. The number of fused-ring (bicyclic) bond motifs is 1. The number of nitrogens with one attached hydrogen (secondary N) is 1. The van der Waals surface area contributed by atoms with Gasteiger partial charge >= 0.3 is 0 Å². The predicted octanol–water partition coefficient (Wildman–Crippen LogP) is 1.31. The van der Waals surface area contributed by atoms with Gasteiger partial charge in [0.15, 0.2) is 0 Å². The lowest BCUT2D eigenvalue weighted by Crippen LogP contribution is -2.11. The summed E-state index contributed by atoms with van der Waals surface area (Å²) in [5.74, 6) is -0.115. The zero-order chi connectivity index (χ0) is 13.4. The van der Waals surface area contributed by atoms with Crippen molar-refractivity contribution in [2.45, 2.75) is 0 Å². The summed E-state index contributed by atoms with van der Waals surface area (Å²) in [6.45, 7) is 0. The van der Waals surface area contributed by atoms with Gasteiger partial charge in [0.25, 0.3) is 0 Å². The first kappa shape index (κ1) is 11.2. The number of hydrogen-bond acceptors (Lipinski definition) is 4. The van der Waals surface area contributed by atoms with Gasteiger partial charge in [-0.25, -0.2) is 4.98 Å². The summed E-state index contributed by atoms with van der Waals surface area (Å²) in [7, 11) is 0. The van der Waals surface area contributed by atoms with Crippen molar-refractivity contribution in [2.24, 2.45) is 5.73 Å². The van der Waals surface area contributed by atoms with Crippen LogP contribution in [0.1, 0.15) is 10.4 Å². The molecule has 0 aliphatic rings. The number of aromatic amines is 1. The second-order valence-corrected chi connectivity index (χ2v) is 4.16. The zero-order valence-corrected chi connectivity index (χ0v) is 9.92. The molecule has 3 aromatic heterocycles. The van der Waals surface area contributed by atoms with Gasteiger partial charge in [0, 0.05) is 29.5 Å². The number of H-pyrrole nitrogens is 1. The van der Waals surface area contributed by atoms with Crippen LogP contribution in [-0.4, -0.2) is 20.9 Å². The van der Waals surface area contributed by atoms with Crippen molar-refractivity contribution < 1.29 is 4.79 Å². The third kappa shape index (κ3) is 1.89. The van der Waals surface area contributed by atoms with Crippen molar-refractivity contribution >= 4 is 22.8 Å². The minimum absolute atomic E-state index is 0.358. The van der Waals surface area contributed by atoms with Crippen molar-refractivity contribution in [3.63, 3.8) is 0 Å². The second-order valence-electron chi connectivity index (χ2n) is 4.16. The molecule has 0 unspecified atom stereocenters. The van der Waals surface area contributed by atoms with Gasteiger partial charge in [0.05, 0.1) is 5.56 Å². The topological polar surface area (TPSA) is 111 Å². The third-order valence-corrected chi connectivity index (χ3v) is 2.88. The Balaban J connectivity index is 2.26. The highest BCUT2D eigenvalue weighted by Gasteiger charge is 2.10. The molecule has 6 heteroatoms. The predicted molar refractivity (Wildman–Crippen MR) is 72.3 cm³/mol. The fourth-order valence-electron chi connectivity index (χ4n) is 2.02. The van der Waals surface area contributed by atoms with Crippen LogP contribution >= 0.6 is 0 Å². The number of nitrogens with zero attached hydrogens (tertiary/aromatic N) is 2. The molecule has 0 fully saturated rings. The lowest BCUT2D eigenvalue weighted by molar-refractivity contribution is 0.1000. The minimum Gasteiger partial charge on any atom is -0.384 e. The molecule has 0 atom stereocenters. The van der Waals surface area contributed by atoms with Gasteiger partial charge in [0.2, 0.25) is 5.91 Å². The van der Waals surface area contributed by atoms with Crippen LogP contribution in [0, 0.1) is 0 Å². The first-order chi connectivity index (χ1) is 9.15. The van der Waals surface area contributed by atoms with Crippen molar-refractivity contribution in [2.75, 3.05) is 5.73 Å². The molecular formula is C13H11N5O. The summed E-state index contributed by atoms with van der Waals surface area (Å²) in [6.07, 6.45) is 4.88. The Morgan fingerprint density at radius 3 is 2.89 bits per heavy atom. The maximum Gasteiger partial charge on any atom is 0.250 e. The first-order valence-electron chi connectivity index (χ1n) is 5.64. The summed E-state index contributed by atoms with van der Waals surface area (Å²) in [6, 6.07) is 5.34. The molecule has 94 valence electrons. The van der Waals surface area contributed by atoms with Gasteiger partial charge < -0.3 is 16.5 Å². The number of nitrogen functional groups attached to an aromatic ring is 1. The van der Waals surface area contributed by atoms with E-state index in [1.54, 1.807) is 24.5 Å². The van der Waals surface area contributed by atoms with E-state index < -0.39 is 5.91 Å². The largest absolute Gasteiger partial charge is 0.384 e. The number of carbonyl (C=O) groups excluding carboxylic acids is 1. The summed E-state index contributed by atoms with van der Waals surface area (Å²) in [5, 5.41) is 0.914. The van der Waals surface area contributed by atoms with Gasteiger partial charge in [-0.3, -0.25) is 9.78 Å². The number of carbonyl (C=O) groups is 1. The van der Waals surface area contributed by atoms with Crippen molar-refractivity contribution in [1.82, 2.24) is 15.0 Å². The van der Waals surface area contributed by atoms with E-state index in [2.05, 4.69) is 15.0 Å². The Morgan fingerprint density at radius 1 is 1.26 bits per heavy atom. The molecule has 5 N–H and O–H groups in total. The standard InChI is InChI=1S/C13H11N5O/c14-11-4-10(9-1-2-17-13(9)18-11)7-3-8(12(15)19)6-16-5-7/h1-6H,(H2,15,19)(H3,14,17,18). The molecule has 0 aliphatic heterocycles.